The first-order chi connectivity index (χ1) is 9.81. The number of hydrogen-bond donors (Lipinski definition) is 1. The Balaban J connectivity index is 1.63. The summed E-state index contributed by atoms with van der Waals surface area (Å²) in [5, 5.41) is 7.27. The van der Waals surface area contributed by atoms with E-state index in [1.165, 1.54) is 43.3 Å². The van der Waals surface area contributed by atoms with Crippen LogP contribution in [0.15, 0.2) is 12.7 Å². The number of aromatic nitrogens is 6. The second kappa shape index (κ2) is 6.10. The second-order valence-electron chi connectivity index (χ2n) is 4.54. The quantitative estimate of drug-likeness (QED) is 0.865. The lowest BCUT2D eigenvalue weighted by molar-refractivity contribution is 0.352. The molecule has 1 N–H and O–H groups in total. The summed E-state index contributed by atoms with van der Waals surface area (Å²) in [7, 11) is 0. The van der Waals surface area contributed by atoms with Gasteiger partial charge in [0.1, 0.15) is 12.7 Å². The maximum atomic E-state index is 5.90. The van der Waals surface area contributed by atoms with Gasteiger partial charge >= 0.3 is 0 Å². The molecule has 0 spiro atoms. The van der Waals surface area contributed by atoms with Gasteiger partial charge in [0.25, 0.3) is 5.95 Å². The van der Waals surface area contributed by atoms with Crippen molar-refractivity contribution in [3.05, 3.63) is 17.9 Å². The van der Waals surface area contributed by atoms with Crippen LogP contribution in [0.3, 0.4) is 0 Å². The zero-order chi connectivity index (χ0) is 13.8. The van der Waals surface area contributed by atoms with E-state index in [1.807, 2.05) is 0 Å². The van der Waals surface area contributed by atoms with Crippen LogP contribution in [0.2, 0.25) is 5.28 Å². The van der Waals surface area contributed by atoms with Crippen molar-refractivity contribution >= 4 is 17.5 Å². The number of likely N-dealkylation sites (tertiary alicyclic amines) is 1. The van der Waals surface area contributed by atoms with Crippen molar-refractivity contribution in [2.75, 3.05) is 31.5 Å². The van der Waals surface area contributed by atoms with Gasteiger partial charge in [-0.1, -0.05) is 0 Å². The molecular formula is C11H15ClN8. The van der Waals surface area contributed by atoms with Gasteiger partial charge in [0.15, 0.2) is 0 Å². The monoisotopic (exact) mass is 294 g/mol. The highest BCUT2D eigenvalue weighted by molar-refractivity contribution is 6.28. The van der Waals surface area contributed by atoms with Crippen LogP contribution in [0.1, 0.15) is 12.8 Å². The Morgan fingerprint density at radius 2 is 2.05 bits per heavy atom. The topological polar surface area (TPSA) is 84.7 Å². The molecule has 0 amide bonds. The minimum absolute atomic E-state index is 0.133. The minimum atomic E-state index is 0.133. The first-order valence-electron chi connectivity index (χ1n) is 6.54. The van der Waals surface area contributed by atoms with Crippen LogP contribution in [-0.2, 0) is 0 Å². The number of nitrogens with one attached hydrogen (secondary N) is 1. The van der Waals surface area contributed by atoms with E-state index in [0.29, 0.717) is 11.9 Å². The smallest absolute Gasteiger partial charge is 0.258 e. The van der Waals surface area contributed by atoms with Crippen molar-refractivity contribution in [2.45, 2.75) is 12.8 Å². The molecule has 0 unspecified atom stereocenters. The summed E-state index contributed by atoms with van der Waals surface area (Å²) in [5.74, 6) is 0.806. The molecule has 9 heteroatoms. The van der Waals surface area contributed by atoms with Crippen LogP contribution < -0.4 is 5.32 Å². The van der Waals surface area contributed by atoms with E-state index in [9.17, 15) is 0 Å². The van der Waals surface area contributed by atoms with Gasteiger partial charge in [-0.25, -0.2) is 4.98 Å². The van der Waals surface area contributed by atoms with Crippen LogP contribution in [0, 0.1) is 0 Å². The Kier molecular flexibility index (Phi) is 4.03. The van der Waals surface area contributed by atoms with Crippen molar-refractivity contribution < 1.29 is 0 Å². The number of rotatable bonds is 5. The van der Waals surface area contributed by atoms with Crippen molar-refractivity contribution in [3.63, 3.8) is 0 Å². The molecule has 0 saturated carbocycles. The Labute approximate surface area is 121 Å². The molecule has 106 valence electrons. The molecule has 0 radical (unpaired) electrons. The van der Waals surface area contributed by atoms with E-state index >= 15 is 0 Å². The predicted molar refractivity (Wildman–Crippen MR) is 73.9 cm³/mol. The summed E-state index contributed by atoms with van der Waals surface area (Å²) in [6.45, 7) is 4.09. The molecule has 3 rings (SSSR count). The maximum Gasteiger partial charge on any atom is 0.258 e. The van der Waals surface area contributed by atoms with E-state index in [4.69, 9.17) is 11.6 Å². The van der Waals surface area contributed by atoms with E-state index in [1.54, 1.807) is 0 Å². The highest BCUT2D eigenvalue weighted by Gasteiger charge is 2.11. The Bertz CT molecular complexity index is 552. The first-order valence-corrected chi connectivity index (χ1v) is 6.92. The fraction of sp³-hybridized carbons (Fsp3) is 0.545. The van der Waals surface area contributed by atoms with Gasteiger partial charge in [-0.15, -0.1) is 0 Å². The molecule has 3 heterocycles. The molecule has 1 aliphatic heterocycles. The summed E-state index contributed by atoms with van der Waals surface area (Å²) in [6.07, 6.45) is 5.50. The SMILES string of the molecule is Clc1nc(NCCN2CCCC2)nc(-n2cncn2)n1. The second-order valence-corrected chi connectivity index (χ2v) is 4.88. The number of halogens is 1. The summed E-state index contributed by atoms with van der Waals surface area (Å²) >= 11 is 5.90. The molecule has 8 nitrogen and oxygen atoms in total. The highest BCUT2D eigenvalue weighted by Crippen LogP contribution is 2.09. The fourth-order valence-electron chi connectivity index (χ4n) is 2.16. The number of hydrogen-bond acceptors (Lipinski definition) is 7. The maximum absolute atomic E-state index is 5.90. The molecule has 0 bridgehead atoms. The van der Waals surface area contributed by atoms with Crippen LogP contribution in [0.5, 0.6) is 0 Å². The van der Waals surface area contributed by atoms with Gasteiger partial charge < -0.3 is 10.2 Å². The Morgan fingerprint density at radius 3 is 2.80 bits per heavy atom. The molecule has 2 aromatic heterocycles. The standard InChI is InChI=1S/C11H15ClN8/c12-9-16-10(14-3-6-19-4-1-2-5-19)18-11(17-9)20-8-13-7-15-20/h7-8H,1-6H2,(H,14,16,17,18). The average molecular weight is 295 g/mol. The van der Waals surface area contributed by atoms with Crippen molar-refractivity contribution in [1.82, 2.24) is 34.6 Å². The lowest BCUT2D eigenvalue weighted by atomic mass is 10.4. The van der Waals surface area contributed by atoms with Crippen molar-refractivity contribution in [1.29, 1.82) is 0 Å². The van der Waals surface area contributed by atoms with Gasteiger partial charge in [0, 0.05) is 13.1 Å². The molecule has 2 aromatic rings. The third-order valence-electron chi connectivity index (χ3n) is 3.13. The van der Waals surface area contributed by atoms with E-state index in [-0.39, 0.29) is 5.28 Å². The van der Waals surface area contributed by atoms with E-state index < -0.39 is 0 Å². The molecule has 1 aliphatic rings. The average Bonchev–Trinajstić information content (AvgIpc) is 3.11. The number of nitrogens with zero attached hydrogens (tertiary/aromatic N) is 7. The summed E-state index contributed by atoms with van der Waals surface area (Å²) in [4.78, 5) is 18.6. The Hall–Kier alpha value is -1.80. The lowest BCUT2D eigenvalue weighted by Crippen LogP contribution is -2.26. The highest BCUT2D eigenvalue weighted by atomic mass is 35.5. The molecule has 1 saturated heterocycles. The van der Waals surface area contributed by atoms with Crippen molar-refractivity contribution in [2.24, 2.45) is 0 Å². The van der Waals surface area contributed by atoms with Crippen LogP contribution in [0.25, 0.3) is 5.95 Å². The van der Waals surface area contributed by atoms with Gasteiger partial charge in [-0.2, -0.15) is 24.7 Å². The van der Waals surface area contributed by atoms with Gasteiger partial charge in [0.05, 0.1) is 0 Å². The Morgan fingerprint density at radius 1 is 1.20 bits per heavy atom. The molecule has 20 heavy (non-hydrogen) atoms. The lowest BCUT2D eigenvalue weighted by Gasteiger charge is -2.14. The summed E-state index contributed by atoms with van der Waals surface area (Å²) in [6, 6.07) is 0. The van der Waals surface area contributed by atoms with E-state index in [2.05, 4.69) is 35.3 Å². The van der Waals surface area contributed by atoms with Crippen LogP contribution in [-0.4, -0.2) is 60.8 Å². The molecule has 0 aliphatic carbocycles. The molecule has 1 fully saturated rings. The first kappa shape index (κ1) is 13.2. The van der Waals surface area contributed by atoms with Gasteiger partial charge in [-0.05, 0) is 37.5 Å². The third-order valence-corrected chi connectivity index (χ3v) is 3.30. The third kappa shape index (κ3) is 3.20. The summed E-state index contributed by atoms with van der Waals surface area (Å²) < 4.78 is 1.44. The largest absolute Gasteiger partial charge is 0.353 e. The zero-order valence-electron chi connectivity index (χ0n) is 10.9. The zero-order valence-corrected chi connectivity index (χ0v) is 11.7. The van der Waals surface area contributed by atoms with Crippen molar-refractivity contribution in [3.8, 4) is 5.95 Å². The fourth-order valence-corrected chi connectivity index (χ4v) is 2.32. The van der Waals surface area contributed by atoms with Gasteiger partial charge in [0.2, 0.25) is 11.2 Å². The van der Waals surface area contributed by atoms with E-state index in [0.717, 1.165) is 13.1 Å². The normalized spacial score (nSPS) is 15.7. The molecule has 0 atom stereocenters. The summed E-state index contributed by atoms with van der Waals surface area (Å²) in [5.41, 5.74) is 0. The van der Waals surface area contributed by atoms with Crippen LogP contribution in [0.4, 0.5) is 5.95 Å². The van der Waals surface area contributed by atoms with Gasteiger partial charge in [-0.3, -0.25) is 0 Å². The molecular weight excluding hydrogens is 280 g/mol. The van der Waals surface area contributed by atoms with Crippen LogP contribution >= 0.6 is 11.6 Å². The number of anilines is 1. The predicted octanol–water partition coefficient (Wildman–Crippen LogP) is 0.613. The minimum Gasteiger partial charge on any atom is -0.353 e. The molecule has 0 aromatic carbocycles.